The maximum absolute atomic E-state index is 12.2. The number of rotatable bonds is 5. The van der Waals surface area contributed by atoms with Crippen LogP contribution >= 0.6 is 0 Å². The Kier molecular flexibility index (Phi) is 4.22. The van der Waals surface area contributed by atoms with E-state index in [0.29, 0.717) is 12.8 Å². The van der Waals surface area contributed by atoms with Crippen molar-refractivity contribution in [3.63, 3.8) is 0 Å². The molecular formula is C15H17NO2S. The molecule has 1 atom stereocenters. The van der Waals surface area contributed by atoms with Gasteiger partial charge in [0, 0.05) is 6.04 Å². The molecule has 0 unspecified atom stereocenters. The first-order valence-corrected chi connectivity index (χ1v) is 7.65. The molecule has 1 N–H and O–H groups in total. The molecule has 2 rings (SSSR count). The lowest BCUT2D eigenvalue weighted by molar-refractivity contribution is 0.563. The van der Waals surface area contributed by atoms with Gasteiger partial charge in [0.25, 0.3) is 0 Å². The Balaban J connectivity index is 2.32. The number of benzene rings is 2. The molecule has 0 aliphatic heterocycles. The second-order valence-electron chi connectivity index (χ2n) is 4.47. The quantitative estimate of drug-likeness (QED) is 0.912. The average Bonchev–Trinajstić information content (AvgIpc) is 2.37. The van der Waals surface area contributed by atoms with E-state index in [9.17, 15) is 8.42 Å². The summed E-state index contributed by atoms with van der Waals surface area (Å²) in [6.45, 7) is 7.47. The standard InChI is InChI=1S/C15H17NO2S/c1-3-6-12(2)16-19(17,18)15-10-9-13-7-4-5-8-14(13)11-15/h4-5,7-12,16H,1-3,6H2/t12-/m1/s1. The maximum atomic E-state index is 12.2. The Morgan fingerprint density at radius 2 is 1.79 bits per heavy atom. The molecule has 100 valence electrons. The third kappa shape index (κ3) is 3.33. The van der Waals surface area contributed by atoms with Gasteiger partial charge in [0.15, 0.2) is 0 Å². The van der Waals surface area contributed by atoms with Crippen molar-refractivity contribution in [2.75, 3.05) is 0 Å². The van der Waals surface area contributed by atoms with Gasteiger partial charge < -0.3 is 0 Å². The second kappa shape index (κ2) is 5.72. The zero-order chi connectivity index (χ0) is 13.9. The molecule has 2 aromatic carbocycles. The van der Waals surface area contributed by atoms with Gasteiger partial charge in [-0.15, -0.1) is 0 Å². The molecule has 0 amide bonds. The highest BCUT2D eigenvalue weighted by Gasteiger charge is 2.17. The normalized spacial score (nSPS) is 13.6. The van der Waals surface area contributed by atoms with Gasteiger partial charge in [0.05, 0.1) is 4.90 Å². The van der Waals surface area contributed by atoms with Crippen LogP contribution in [0.3, 0.4) is 0 Å². The molecule has 3 nitrogen and oxygen atoms in total. The van der Waals surface area contributed by atoms with Crippen LogP contribution in [0.1, 0.15) is 12.8 Å². The third-order valence-electron chi connectivity index (χ3n) is 2.91. The van der Waals surface area contributed by atoms with Crippen LogP contribution < -0.4 is 4.72 Å². The molecule has 0 saturated carbocycles. The maximum Gasteiger partial charge on any atom is 0.240 e. The average molecular weight is 275 g/mol. The predicted octanol–water partition coefficient (Wildman–Crippen LogP) is 2.94. The van der Waals surface area contributed by atoms with Crippen LogP contribution in [0.5, 0.6) is 0 Å². The molecule has 0 fully saturated rings. The molecule has 0 bridgehead atoms. The minimum atomic E-state index is -3.51. The monoisotopic (exact) mass is 275 g/mol. The number of nitrogens with one attached hydrogen (secondary N) is 1. The van der Waals surface area contributed by atoms with Gasteiger partial charge in [0.2, 0.25) is 10.0 Å². The number of hydrogen-bond donors (Lipinski definition) is 1. The summed E-state index contributed by atoms with van der Waals surface area (Å²) in [6.07, 6.45) is 1.27. The second-order valence-corrected chi connectivity index (χ2v) is 6.18. The summed E-state index contributed by atoms with van der Waals surface area (Å²) in [5.41, 5.74) is 0. The van der Waals surface area contributed by atoms with E-state index in [0.717, 1.165) is 10.8 Å². The molecule has 0 spiro atoms. The molecule has 0 aromatic heterocycles. The van der Waals surface area contributed by atoms with Crippen molar-refractivity contribution in [2.24, 2.45) is 0 Å². The Bertz CT molecular complexity index is 665. The summed E-state index contributed by atoms with van der Waals surface area (Å²) >= 11 is 0. The van der Waals surface area contributed by atoms with Crippen LogP contribution in [-0.4, -0.2) is 14.5 Å². The summed E-state index contributed by atoms with van der Waals surface area (Å²) in [6, 6.07) is 12.4. The molecule has 19 heavy (non-hydrogen) atoms. The summed E-state index contributed by atoms with van der Waals surface area (Å²) in [7, 11) is -3.51. The van der Waals surface area contributed by atoms with Gasteiger partial charge in [-0.2, -0.15) is 0 Å². The van der Waals surface area contributed by atoms with Crippen molar-refractivity contribution in [1.29, 1.82) is 0 Å². The smallest absolute Gasteiger partial charge is 0.208 e. The zero-order valence-corrected chi connectivity index (χ0v) is 11.5. The van der Waals surface area contributed by atoms with Crippen LogP contribution in [0.15, 0.2) is 47.4 Å². The Hall–Kier alpha value is -1.39. The summed E-state index contributed by atoms with van der Waals surface area (Å²) in [5, 5.41) is 1.92. The lowest BCUT2D eigenvalue weighted by Gasteiger charge is -2.13. The fourth-order valence-corrected chi connectivity index (χ4v) is 3.15. The minimum absolute atomic E-state index is 0.268. The first-order chi connectivity index (χ1) is 9.03. The lowest BCUT2D eigenvalue weighted by atomic mass is 10.1. The van der Waals surface area contributed by atoms with E-state index < -0.39 is 10.0 Å². The van der Waals surface area contributed by atoms with E-state index in [1.165, 1.54) is 0 Å². The van der Waals surface area contributed by atoms with Gasteiger partial charge in [0.1, 0.15) is 0 Å². The third-order valence-corrected chi connectivity index (χ3v) is 4.42. The van der Waals surface area contributed by atoms with Crippen molar-refractivity contribution >= 4 is 20.8 Å². The number of sulfonamides is 1. The summed E-state index contributed by atoms with van der Waals surface area (Å²) in [4.78, 5) is 0.268. The van der Waals surface area contributed by atoms with Crippen molar-refractivity contribution in [1.82, 2.24) is 4.72 Å². The largest absolute Gasteiger partial charge is 0.240 e. The molecule has 2 radical (unpaired) electrons. The van der Waals surface area contributed by atoms with E-state index in [-0.39, 0.29) is 10.9 Å². The highest BCUT2D eigenvalue weighted by atomic mass is 32.2. The topological polar surface area (TPSA) is 46.2 Å². The van der Waals surface area contributed by atoms with E-state index in [4.69, 9.17) is 0 Å². The number of hydrogen-bond acceptors (Lipinski definition) is 2. The van der Waals surface area contributed by atoms with Gasteiger partial charge >= 0.3 is 0 Å². The van der Waals surface area contributed by atoms with Crippen LogP contribution in [0, 0.1) is 13.8 Å². The van der Waals surface area contributed by atoms with Crippen molar-refractivity contribution < 1.29 is 8.42 Å². The molecule has 0 aliphatic rings. The molecular weight excluding hydrogens is 258 g/mol. The molecule has 0 heterocycles. The molecule has 2 aromatic rings. The van der Waals surface area contributed by atoms with E-state index in [1.54, 1.807) is 12.1 Å². The van der Waals surface area contributed by atoms with Gasteiger partial charge in [-0.1, -0.05) is 43.7 Å². The number of fused-ring (bicyclic) bond motifs is 1. The van der Waals surface area contributed by atoms with Crippen LogP contribution in [-0.2, 0) is 10.0 Å². The van der Waals surface area contributed by atoms with E-state index >= 15 is 0 Å². The fourth-order valence-electron chi connectivity index (χ4n) is 1.93. The van der Waals surface area contributed by atoms with Crippen LogP contribution in [0.2, 0.25) is 0 Å². The van der Waals surface area contributed by atoms with Crippen molar-refractivity contribution in [3.05, 3.63) is 56.3 Å². The Morgan fingerprint density at radius 1 is 1.11 bits per heavy atom. The highest BCUT2D eigenvalue weighted by Crippen LogP contribution is 2.19. The summed E-state index contributed by atoms with van der Waals surface area (Å²) < 4.78 is 26.9. The molecule has 4 heteroatoms. The van der Waals surface area contributed by atoms with Gasteiger partial charge in [-0.05, 0) is 36.2 Å². The predicted molar refractivity (Wildman–Crippen MR) is 78.0 cm³/mol. The van der Waals surface area contributed by atoms with E-state index in [1.807, 2.05) is 30.3 Å². The van der Waals surface area contributed by atoms with Crippen LogP contribution in [0.4, 0.5) is 0 Å². The van der Waals surface area contributed by atoms with Crippen molar-refractivity contribution in [3.8, 4) is 0 Å². The molecule has 0 aliphatic carbocycles. The Labute approximate surface area is 114 Å². The van der Waals surface area contributed by atoms with Crippen molar-refractivity contribution in [2.45, 2.75) is 23.8 Å². The minimum Gasteiger partial charge on any atom is -0.208 e. The fraction of sp³-hybridized carbons (Fsp3) is 0.200. The van der Waals surface area contributed by atoms with Gasteiger partial charge in [-0.3, -0.25) is 0 Å². The first kappa shape index (κ1) is 14.0. The van der Waals surface area contributed by atoms with Gasteiger partial charge in [-0.25, -0.2) is 13.1 Å². The first-order valence-electron chi connectivity index (χ1n) is 6.16. The molecule has 0 saturated heterocycles. The summed E-state index contributed by atoms with van der Waals surface area (Å²) in [5.74, 6) is 0. The highest BCUT2D eigenvalue weighted by molar-refractivity contribution is 7.89. The zero-order valence-electron chi connectivity index (χ0n) is 10.7. The van der Waals surface area contributed by atoms with E-state index in [2.05, 4.69) is 18.6 Å². The lowest BCUT2D eigenvalue weighted by Crippen LogP contribution is -2.32. The van der Waals surface area contributed by atoms with Crippen LogP contribution in [0.25, 0.3) is 10.8 Å². The Morgan fingerprint density at radius 3 is 2.47 bits per heavy atom. The SMILES string of the molecule is [CH2]CC[C@@H]([CH2])NS(=O)(=O)c1ccc2ccccc2c1.